The van der Waals surface area contributed by atoms with Gasteiger partial charge in [-0.3, -0.25) is 4.79 Å². The highest BCUT2D eigenvalue weighted by Crippen LogP contribution is 2.34. The summed E-state index contributed by atoms with van der Waals surface area (Å²) in [7, 11) is 0. The molecule has 0 aliphatic rings. The number of hydrogen-bond donors (Lipinski definition) is 2. The SMILES string of the molecule is NC(=O)Nc1c(C(=O)c2ccc(Cl)cc2Cl)oc2c[c]ccc12. The molecule has 3 aromatic rings. The number of benzene rings is 2. The summed E-state index contributed by atoms with van der Waals surface area (Å²) in [6, 6.07) is 11.4. The Morgan fingerprint density at radius 1 is 1.22 bits per heavy atom. The van der Waals surface area contributed by atoms with Gasteiger partial charge in [0.05, 0.1) is 5.02 Å². The average molecular weight is 348 g/mol. The fourth-order valence-electron chi connectivity index (χ4n) is 2.19. The Morgan fingerprint density at radius 3 is 2.70 bits per heavy atom. The second-order valence-electron chi connectivity index (χ2n) is 4.67. The van der Waals surface area contributed by atoms with E-state index in [4.69, 9.17) is 33.4 Å². The van der Waals surface area contributed by atoms with E-state index in [0.717, 1.165) is 0 Å². The molecule has 0 atom stereocenters. The smallest absolute Gasteiger partial charge is 0.316 e. The van der Waals surface area contributed by atoms with Crippen LogP contribution in [0.15, 0.2) is 40.8 Å². The molecular formula is C16H9Cl2N2O3. The first-order valence-corrected chi connectivity index (χ1v) is 7.22. The molecule has 3 rings (SSSR count). The fourth-order valence-corrected chi connectivity index (χ4v) is 2.69. The standard InChI is InChI=1S/C16H9Cl2N2O3/c17-8-5-6-9(11(18)7-8)14(21)15-13(20-16(19)22)10-3-1-2-4-12(10)23-15/h1,3-7H,(H3,19,20,22). The third-order valence-electron chi connectivity index (χ3n) is 3.16. The van der Waals surface area contributed by atoms with Crippen LogP contribution >= 0.6 is 23.2 Å². The lowest BCUT2D eigenvalue weighted by atomic mass is 10.1. The van der Waals surface area contributed by atoms with Gasteiger partial charge in [0, 0.05) is 16.0 Å². The second kappa shape index (κ2) is 5.95. The third kappa shape index (κ3) is 2.88. The van der Waals surface area contributed by atoms with Crippen molar-refractivity contribution in [3.8, 4) is 0 Å². The van der Waals surface area contributed by atoms with Crippen molar-refractivity contribution in [3.05, 3.63) is 63.8 Å². The number of urea groups is 1. The summed E-state index contributed by atoms with van der Waals surface area (Å²) in [5.41, 5.74) is 5.96. The zero-order valence-electron chi connectivity index (χ0n) is 11.5. The molecule has 1 heterocycles. The van der Waals surface area contributed by atoms with E-state index in [1.54, 1.807) is 18.2 Å². The first-order chi connectivity index (χ1) is 11.0. The number of primary amides is 1. The molecule has 115 valence electrons. The second-order valence-corrected chi connectivity index (χ2v) is 5.51. The first kappa shape index (κ1) is 15.4. The summed E-state index contributed by atoms with van der Waals surface area (Å²) in [4.78, 5) is 24.0. The third-order valence-corrected chi connectivity index (χ3v) is 3.71. The van der Waals surface area contributed by atoms with Gasteiger partial charge in [-0.25, -0.2) is 4.79 Å². The average Bonchev–Trinajstić information content (AvgIpc) is 2.85. The van der Waals surface area contributed by atoms with Crippen LogP contribution in [0, 0.1) is 6.07 Å². The van der Waals surface area contributed by atoms with Gasteiger partial charge < -0.3 is 15.5 Å². The number of carbonyl (C=O) groups excluding carboxylic acids is 2. The highest BCUT2D eigenvalue weighted by Gasteiger charge is 2.24. The van der Waals surface area contributed by atoms with Crippen LogP contribution in [-0.4, -0.2) is 11.8 Å². The molecule has 7 heteroatoms. The Bertz CT molecular complexity index is 934. The molecular weight excluding hydrogens is 339 g/mol. The molecule has 0 bridgehead atoms. The van der Waals surface area contributed by atoms with Crippen LogP contribution in [0.4, 0.5) is 10.5 Å². The van der Waals surface area contributed by atoms with Gasteiger partial charge in [0.25, 0.3) is 0 Å². The lowest BCUT2D eigenvalue weighted by Crippen LogP contribution is -2.20. The normalized spacial score (nSPS) is 10.7. The molecule has 0 aliphatic carbocycles. The number of rotatable bonds is 3. The van der Waals surface area contributed by atoms with E-state index < -0.39 is 11.8 Å². The van der Waals surface area contributed by atoms with Crippen molar-refractivity contribution in [2.45, 2.75) is 0 Å². The summed E-state index contributed by atoms with van der Waals surface area (Å²) < 4.78 is 5.56. The van der Waals surface area contributed by atoms with Crippen LogP contribution in [0.1, 0.15) is 16.1 Å². The van der Waals surface area contributed by atoms with Crippen LogP contribution in [0.5, 0.6) is 0 Å². The van der Waals surface area contributed by atoms with Crippen molar-refractivity contribution in [3.63, 3.8) is 0 Å². The Labute approximate surface area is 141 Å². The van der Waals surface area contributed by atoms with Crippen LogP contribution in [0.2, 0.25) is 10.0 Å². The monoisotopic (exact) mass is 347 g/mol. The molecule has 0 spiro atoms. The van der Waals surface area contributed by atoms with Crippen molar-refractivity contribution >= 4 is 51.7 Å². The van der Waals surface area contributed by atoms with E-state index in [1.807, 2.05) is 0 Å². The van der Waals surface area contributed by atoms with E-state index >= 15 is 0 Å². The number of amides is 2. The lowest BCUT2D eigenvalue weighted by molar-refractivity contribution is 0.101. The van der Waals surface area contributed by atoms with E-state index in [1.165, 1.54) is 18.2 Å². The molecule has 0 fully saturated rings. The Balaban J connectivity index is 2.18. The molecule has 5 nitrogen and oxygen atoms in total. The van der Waals surface area contributed by atoms with E-state index in [2.05, 4.69) is 11.4 Å². The van der Waals surface area contributed by atoms with Gasteiger partial charge in [-0.05, 0) is 36.4 Å². The molecule has 2 aromatic carbocycles. The van der Waals surface area contributed by atoms with Crippen LogP contribution in [0.3, 0.4) is 0 Å². The summed E-state index contributed by atoms with van der Waals surface area (Å²) in [5.74, 6) is -0.561. The molecule has 1 radical (unpaired) electrons. The van der Waals surface area contributed by atoms with E-state index in [9.17, 15) is 9.59 Å². The van der Waals surface area contributed by atoms with Crippen LogP contribution in [0.25, 0.3) is 11.0 Å². The molecule has 0 unspecified atom stereocenters. The number of furan rings is 1. The maximum Gasteiger partial charge on any atom is 0.316 e. The maximum atomic E-state index is 12.7. The Kier molecular flexibility index (Phi) is 3.98. The summed E-state index contributed by atoms with van der Waals surface area (Å²) in [6.45, 7) is 0. The van der Waals surface area contributed by atoms with Crippen molar-refractivity contribution in [2.75, 3.05) is 5.32 Å². The number of hydrogen-bond acceptors (Lipinski definition) is 3. The van der Waals surface area contributed by atoms with Crippen LogP contribution < -0.4 is 11.1 Å². The number of nitrogens with one attached hydrogen (secondary N) is 1. The van der Waals surface area contributed by atoms with Gasteiger partial charge >= 0.3 is 6.03 Å². The molecule has 0 saturated carbocycles. The predicted molar refractivity (Wildman–Crippen MR) is 88.2 cm³/mol. The van der Waals surface area contributed by atoms with Crippen molar-refractivity contribution in [1.29, 1.82) is 0 Å². The van der Waals surface area contributed by atoms with Crippen molar-refractivity contribution in [1.82, 2.24) is 0 Å². The lowest BCUT2D eigenvalue weighted by Gasteiger charge is -2.05. The molecule has 0 saturated heterocycles. The summed E-state index contributed by atoms with van der Waals surface area (Å²) in [5, 5.41) is 3.54. The highest BCUT2D eigenvalue weighted by molar-refractivity contribution is 6.37. The first-order valence-electron chi connectivity index (χ1n) is 6.46. The number of anilines is 1. The Morgan fingerprint density at radius 2 is 2.00 bits per heavy atom. The van der Waals surface area contributed by atoms with Gasteiger partial charge in [0.15, 0.2) is 5.76 Å². The minimum atomic E-state index is -0.809. The van der Waals surface area contributed by atoms with Gasteiger partial charge in [-0.2, -0.15) is 0 Å². The predicted octanol–water partition coefficient (Wildman–Crippen LogP) is 4.26. The zero-order valence-corrected chi connectivity index (χ0v) is 13.0. The minimum Gasteiger partial charge on any atom is -0.450 e. The van der Waals surface area contributed by atoms with Crippen molar-refractivity contribution in [2.24, 2.45) is 5.73 Å². The molecule has 1 aromatic heterocycles. The topological polar surface area (TPSA) is 85.3 Å². The number of nitrogens with two attached hydrogens (primary N) is 1. The van der Waals surface area contributed by atoms with E-state index in [-0.39, 0.29) is 22.0 Å². The molecule has 2 amide bonds. The molecule has 23 heavy (non-hydrogen) atoms. The van der Waals surface area contributed by atoms with Gasteiger partial charge in [0.1, 0.15) is 11.3 Å². The molecule has 3 N–H and O–H groups in total. The largest absolute Gasteiger partial charge is 0.450 e. The number of ketones is 1. The quantitative estimate of drug-likeness (QED) is 0.694. The van der Waals surface area contributed by atoms with Crippen LogP contribution in [-0.2, 0) is 0 Å². The minimum absolute atomic E-state index is 0.0670. The number of carbonyl (C=O) groups is 2. The fraction of sp³-hybridized carbons (Fsp3) is 0. The van der Waals surface area contributed by atoms with Gasteiger partial charge in [-0.15, -0.1) is 0 Å². The maximum absolute atomic E-state index is 12.7. The Hall–Kier alpha value is -2.50. The summed E-state index contributed by atoms with van der Waals surface area (Å²) in [6.07, 6.45) is 0. The van der Waals surface area contributed by atoms with Gasteiger partial charge in [0.2, 0.25) is 5.78 Å². The summed E-state index contributed by atoms with van der Waals surface area (Å²) >= 11 is 11.9. The van der Waals surface area contributed by atoms with Gasteiger partial charge in [-0.1, -0.05) is 29.3 Å². The highest BCUT2D eigenvalue weighted by atomic mass is 35.5. The number of halogens is 2. The molecule has 0 aliphatic heterocycles. The van der Waals surface area contributed by atoms with E-state index in [0.29, 0.717) is 16.0 Å². The zero-order chi connectivity index (χ0) is 16.6. The number of fused-ring (bicyclic) bond motifs is 1. The van der Waals surface area contributed by atoms with Crippen molar-refractivity contribution < 1.29 is 14.0 Å².